The first-order valence-corrected chi connectivity index (χ1v) is 7.43. The summed E-state index contributed by atoms with van der Waals surface area (Å²) in [5.41, 5.74) is 2.10. The van der Waals surface area contributed by atoms with Crippen molar-refractivity contribution >= 4 is 11.7 Å². The normalized spacial score (nSPS) is 17.1. The highest BCUT2D eigenvalue weighted by atomic mass is 16.4. The fraction of sp³-hybridized carbons (Fsp3) is 0.562. The van der Waals surface area contributed by atoms with Crippen LogP contribution in [0, 0.1) is 6.92 Å². The summed E-state index contributed by atoms with van der Waals surface area (Å²) in [7, 11) is 0. The van der Waals surface area contributed by atoms with Crippen molar-refractivity contribution < 1.29 is 9.90 Å². The van der Waals surface area contributed by atoms with Crippen LogP contribution >= 0.6 is 0 Å². The van der Waals surface area contributed by atoms with E-state index >= 15 is 0 Å². The van der Waals surface area contributed by atoms with Crippen LogP contribution in [0.15, 0.2) is 18.2 Å². The SMILES string of the molecule is CCCN1CCC(Nc2ccc(C)cc2C(=O)O)CC1. The van der Waals surface area contributed by atoms with Crippen LogP contribution in [0.2, 0.25) is 0 Å². The van der Waals surface area contributed by atoms with Gasteiger partial charge in [-0.3, -0.25) is 0 Å². The maximum absolute atomic E-state index is 11.3. The lowest BCUT2D eigenvalue weighted by Gasteiger charge is -2.32. The smallest absolute Gasteiger partial charge is 0.337 e. The first-order chi connectivity index (χ1) is 9.60. The van der Waals surface area contributed by atoms with Crippen molar-refractivity contribution in [3.8, 4) is 0 Å². The van der Waals surface area contributed by atoms with Crippen molar-refractivity contribution in [1.82, 2.24) is 4.90 Å². The second-order valence-corrected chi connectivity index (χ2v) is 5.61. The molecule has 4 heteroatoms. The highest BCUT2D eigenvalue weighted by Gasteiger charge is 2.20. The fourth-order valence-corrected chi connectivity index (χ4v) is 2.80. The predicted molar refractivity (Wildman–Crippen MR) is 81.5 cm³/mol. The number of carbonyl (C=O) groups is 1. The van der Waals surface area contributed by atoms with Gasteiger partial charge in [-0.15, -0.1) is 0 Å². The molecule has 1 aromatic rings. The van der Waals surface area contributed by atoms with Gasteiger partial charge in [-0.05, 0) is 44.9 Å². The minimum Gasteiger partial charge on any atom is -0.478 e. The number of nitrogens with zero attached hydrogens (tertiary/aromatic N) is 1. The highest BCUT2D eigenvalue weighted by Crippen LogP contribution is 2.21. The molecule has 1 heterocycles. The van der Waals surface area contributed by atoms with Crippen LogP contribution in [0.4, 0.5) is 5.69 Å². The van der Waals surface area contributed by atoms with Crippen LogP contribution < -0.4 is 5.32 Å². The van der Waals surface area contributed by atoms with Crippen molar-refractivity contribution in [3.63, 3.8) is 0 Å². The number of rotatable bonds is 5. The Hall–Kier alpha value is -1.55. The van der Waals surface area contributed by atoms with E-state index in [9.17, 15) is 9.90 Å². The molecule has 1 aromatic carbocycles. The number of carboxylic acids is 1. The lowest BCUT2D eigenvalue weighted by atomic mass is 10.0. The van der Waals surface area contributed by atoms with E-state index in [1.807, 2.05) is 19.1 Å². The summed E-state index contributed by atoms with van der Waals surface area (Å²) in [6.45, 7) is 7.48. The zero-order valence-corrected chi connectivity index (χ0v) is 12.4. The van der Waals surface area contributed by atoms with Crippen LogP contribution in [0.25, 0.3) is 0 Å². The first-order valence-electron chi connectivity index (χ1n) is 7.43. The number of benzene rings is 1. The molecule has 0 saturated carbocycles. The van der Waals surface area contributed by atoms with Gasteiger partial charge in [-0.1, -0.05) is 18.6 Å². The van der Waals surface area contributed by atoms with Crippen LogP contribution in [0.3, 0.4) is 0 Å². The zero-order valence-electron chi connectivity index (χ0n) is 12.4. The van der Waals surface area contributed by atoms with Crippen molar-refractivity contribution in [2.45, 2.75) is 39.2 Å². The van der Waals surface area contributed by atoms with Gasteiger partial charge in [0.15, 0.2) is 0 Å². The molecule has 2 N–H and O–H groups in total. The van der Waals surface area contributed by atoms with Gasteiger partial charge in [-0.2, -0.15) is 0 Å². The molecular weight excluding hydrogens is 252 g/mol. The van der Waals surface area contributed by atoms with E-state index in [0.29, 0.717) is 11.6 Å². The van der Waals surface area contributed by atoms with Gasteiger partial charge in [0.1, 0.15) is 0 Å². The summed E-state index contributed by atoms with van der Waals surface area (Å²) in [6.07, 6.45) is 3.35. The van der Waals surface area contributed by atoms with E-state index in [0.717, 1.165) is 43.7 Å². The molecule has 0 aromatic heterocycles. The van der Waals surface area contributed by atoms with Crippen LogP contribution in [-0.4, -0.2) is 41.7 Å². The van der Waals surface area contributed by atoms with E-state index in [2.05, 4.69) is 17.1 Å². The Bertz CT molecular complexity index is 466. The molecule has 1 fully saturated rings. The van der Waals surface area contributed by atoms with Crippen molar-refractivity contribution in [2.24, 2.45) is 0 Å². The third kappa shape index (κ3) is 3.73. The number of carboxylic acid groups (broad SMARTS) is 1. The van der Waals surface area contributed by atoms with Crippen LogP contribution in [-0.2, 0) is 0 Å². The minimum absolute atomic E-state index is 0.376. The van der Waals surface area contributed by atoms with Crippen LogP contribution in [0.1, 0.15) is 42.1 Å². The van der Waals surface area contributed by atoms with E-state index < -0.39 is 5.97 Å². The second kappa shape index (κ2) is 6.75. The molecule has 110 valence electrons. The van der Waals surface area contributed by atoms with Gasteiger partial charge in [0.05, 0.1) is 5.56 Å². The highest BCUT2D eigenvalue weighted by molar-refractivity contribution is 5.94. The van der Waals surface area contributed by atoms with Gasteiger partial charge in [0.25, 0.3) is 0 Å². The molecule has 0 atom stereocenters. The molecule has 4 nitrogen and oxygen atoms in total. The molecule has 0 amide bonds. The zero-order chi connectivity index (χ0) is 14.5. The number of nitrogens with one attached hydrogen (secondary N) is 1. The Morgan fingerprint density at radius 2 is 2.10 bits per heavy atom. The third-order valence-electron chi connectivity index (χ3n) is 3.89. The first kappa shape index (κ1) is 14.9. The molecule has 0 bridgehead atoms. The van der Waals surface area contributed by atoms with Crippen molar-refractivity contribution in [2.75, 3.05) is 25.0 Å². The molecule has 0 aliphatic carbocycles. The number of aromatic carboxylic acids is 1. The maximum atomic E-state index is 11.3. The number of hydrogen-bond donors (Lipinski definition) is 2. The predicted octanol–water partition coefficient (Wildman–Crippen LogP) is 2.98. The monoisotopic (exact) mass is 276 g/mol. The van der Waals surface area contributed by atoms with E-state index in [-0.39, 0.29) is 0 Å². The van der Waals surface area contributed by atoms with E-state index in [4.69, 9.17) is 0 Å². The summed E-state index contributed by atoms with van der Waals surface area (Å²) in [4.78, 5) is 13.8. The Balaban J connectivity index is 1.99. The van der Waals surface area contributed by atoms with Gasteiger partial charge in [-0.25, -0.2) is 4.79 Å². The Labute approximate surface area is 120 Å². The number of anilines is 1. The largest absolute Gasteiger partial charge is 0.478 e. The molecule has 0 radical (unpaired) electrons. The van der Waals surface area contributed by atoms with Gasteiger partial charge < -0.3 is 15.3 Å². The third-order valence-corrected chi connectivity index (χ3v) is 3.89. The minimum atomic E-state index is -0.861. The molecule has 1 saturated heterocycles. The second-order valence-electron chi connectivity index (χ2n) is 5.61. The molecule has 1 aliphatic rings. The van der Waals surface area contributed by atoms with Gasteiger partial charge in [0.2, 0.25) is 0 Å². The topological polar surface area (TPSA) is 52.6 Å². The number of likely N-dealkylation sites (tertiary alicyclic amines) is 1. The van der Waals surface area contributed by atoms with Crippen LogP contribution in [0.5, 0.6) is 0 Å². The summed E-state index contributed by atoms with van der Waals surface area (Å²) in [5, 5.41) is 12.7. The summed E-state index contributed by atoms with van der Waals surface area (Å²) >= 11 is 0. The van der Waals surface area contributed by atoms with Crippen molar-refractivity contribution in [3.05, 3.63) is 29.3 Å². The molecular formula is C16H24N2O2. The van der Waals surface area contributed by atoms with E-state index in [1.165, 1.54) is 6.42 Å². The number of piperidine rings is 1. The lowest BCUT2D eigenvalue weighted by Crippen LogP contribution is -2.39. The fourth-order valence-electron chi connectivity index (χ4n) is 2.80. The van der Waals surface area contributed by atoms with Crippen molar-refractivity contribution in [1.29, 1.82) is 0 Å². The molecule has 2 rings (SSSR count). The average Bonchev–Trinajstić information content (AvgIpc) is 2.43. The number of aryl methyl sites for hydroxylation is 1. The Morgan fingerprint density at radius 3 is 2.70 bits per heavy atom. The molecule has 1 aliphatic heterocycles. The quantitative estimate of drug-likeness (QED) is 0.868. The Morgan fingerprint density at radius 1 is 1.40 bits per heavy atom. The summed E-state index contributed by atoms with van der Waals surface area (Å²) < 4.78 is 0. The lowest BCUT2D eigenvalue weighted by molar-refractivity contribution is 0.0697. The Kier molecular flexibility index (Phi) is 5.01. The summed E-state index contributed by atoms with van der Waals surface area (Å²) in [5.74, 6) is -0.861. The summed E-state index contributed by atoms with van der Waals surface area (Å²) in [6, 6.07) is 5.96. The molecule has 20 heavy (non-hydrogen) atoms. The molecule has 0 unspecified atom stereocenters. The number of hydrogen-bond acceptors (Lipinski definition) is 3. The van der Waals surface area contributed by atoms with E-state index in [1.54, 1.807) is 6.07 Å². The van der Waals surface area contributed by atoms with Gasteiger partial charge in [0, 0.05) is 24.8 Å². The molecule has 0 spiro atoms. The van der Waals surface area contributed by atoms with Gasteiger partial charge >= 0.3 is 5.97 Å². The average molecular weight is 276 g/mol. The maximum Gasteiger partial charge on any atom is 0.337 e. The standard InChI is InChI=1S/C16H24N2O2/c1-3-8-18-9-6-13(7-10-18)17-15-5-4-12(2)11-14(15)16(19)20/h4-5,11,13,17H,3,6-10H2,1-2H3,(H,19,20).